The van der Waals surface area contributed by atoms with E-state index in [2.05, 4.69) is 40.8 Å². The molecule has 1 unspecified atom stereocenters. The van der Waals surface area contributed by atoms with Gasteiger partial charge in [-0.05, 0) is 43.8 Å². The average Bonchev–Trinajstić information content (AvgIpc) is 2.21. The Morgan fingerprint density at radius 3 is 1.94 bits per heavy atom. The van der Waals surface area contributed by atoms with E-state index in [1.165, 1.54) is 0 Å². The van der Waals surface area contributed by atoms with Gasteiger partial charge < -0.3 is 9.53 Å². The molecule has 0 aliphatic carbocycles. The lowest BCUT2D eigenvalue weighted by Crippen LogP contribution is -2.44. The highest BCUT2D eigenvalue weighted by Gasteiger charge is 2.38. The molecule has 3 heteroatoms. The second-order valence-electron chi connectivity index (χ2n) is 6.55. The molecule has 1 N–H and O–H groups in total. The quantitative estimate of drug-likeness (QED) is 0.690. The molecular weight excluding hydrogens is 228 g/mol. The molecule has 0 spiro atoms. The molecule has 0 aliphatic heterocycles. The van der Waals surface area contributed by atoms with Gasteiger partial charge in [0.2, 0.25) is 0 Å². The highest BCUT2D eigenvalue weighted by Crippen LogP contribution is 2.38. The van der Waals surface area contributed by atoms with Gasteiger partial charge in [0, 0.05) is 6.10 Å². The minimum absolute atomic E-state index is 0.160. The lowest BCUT2D eigenvalue weighted by molar-refractivity contribution is 0.114. The van der Waals surface area contributed by atoms with E-state index in [0.717, 1.165) is 25.7 Å². The van der Waals surface area contributed by atoms with E-state index in [9.17, 15) is 5.11 Å². The summed E-state index contributed by atoms with van der Waals surface area (Å²) in [6.45, 7) is 15.6. The van der Waals surface area contributed by atoms with Crippen LogP contribution < -0.4 is 0 Å². The van der Waals surface area contributed by atoms with Crippen molar-refractivity contribution in [2.24, 2.45) is 0 Å². The standard InChI is InChI=1S/C14H32O2Si/c1-8-12(15)10-11-13(9-2)16-17(6,7)14(3,4)5/h12-13,15H,8-11H2,1-7H3/t12?,13-/m1/s1. The zero-order valence-corrected chi connectivity index (χ0v) is 13.8. The van der Waals surface area contributed by atoms with Gasteiger partial charge in [0.15, 0.2) is 8.32 Å². The molecule has 0 aliphatic rings. The molecule has 0 heterocycles. The van der Waals surface area contributed by atoms with Gasteiger partial charge in [0.1, 0.15) is 0 Å². The molecule has 0 aromatic carbocycles. The normalized spacial score (nSPS) is 16.9. The van der Waals surface area contributed by atoms with Gasteiger partial charge in [-0.3, -0.25) is 0 Å². The second-order valence-corrected chi connectivity index (χ2v) is 11.3. The van der Waals surface area contributed by atoms with Crippen LogP contribution in [-0.2, 0) is 4.43 Å². The van der Waals surface area contributed by atoms with Gasteiger partial charge in [-0.1, -0.05) is 34.6 Å². The zero-order chi connectivity index (χ0) is 13.7. The molecule has 104 valence electrons. The fourth-order valence-corrected chi connectivity index (χ4v) is 2.99. The largest absolute Gasteiger partial charge is 0.414 e. The van der Waals surface area contributed by atoms with Crippen molar-refractivity contribution in [3.05, 3.63) is 0 Å². The monoisotopic (exact) mass is 260 g/mol. The number of hydrogen-bond donors (Lipinski definition) is 1. The van der Waals surface area contributed by atoms with Crippen molar-refractivity contribution >= 4 is 8.32 Å². The minimum Gasteiger partial charge on any atom is -0.414 e. The molecule has 0 saturated carbocycles. The van der Waals surface area contributed by atoms with Crippen LogP contribution in [0.25, 0.3) is 0 Å². The van der Waals surface area contributed by atoms with Gasteiger partial charge in [0.05, 0.1) is 6.10 Å². The van der Waals surface area contributed by atoms with Crippen LogP contribution in [-0.4, -0.2) is 25.6 Å². The van der Waals surface area contributed by atoms with E-state index in [1.807, 2.05) is 6.92 Å². The van der Waals surface area contributed by atoms with Crippen LogP contribution in [0.3, 0.4) is 0 Å². The lowest BCUT2D eigenvalue weighted by atomic mass is 10.1. The van der Waals surface area contributed by atoms with Crippen molar-refractivity contribution < 1.29 is 9.53 Å². The molecule has 2 nitrogen and oxygen atoms in total. The summed E-state index contributed by atoms with van der Waals surface area (Å²) in [6, 6.07) is 0. The zero-order valence-electron chi connectivity index (χ0n) is 12.8. The van der Waals surface area contributed by atoms with Crippen LogP contribution in [0.5, 0.6) is 0 Å². The van der Waals surface area contributed by atoms with E-state index in [4.69, 9.17) is 4.43 Å². The first-order valence-electron chi connectivity index (χ1n) is 7.00. The number of hydrogen-bond acceptors (Lipinski definition) is 2. The van der Waals surface area contributed by atoms with E-state index >= 15 is 0 Å². The summed E-state index contributed by atoms with van der Waals surface area (Å²) < 4.78 is 6.37. The maximum atomic E-state index is 9.62. The molecule has 0 aromatic rings. The Bertz CT molecular complexity index is 209. The summed E-state index contributed by atoms with van der Waals surface area (Å²) >= 11 is 0. The Hall–Kier alpha value is 0.137. The summed E-state index contributed by atoms with van der Waals surface area (Å²) in [4.78, 5) is 0. The molecule has 0 rings (SSSR count). The van der Waals surface area contributed by atoms with Gasteiger partial charge in [-0.15, -0.1) is 0 Å². The first-order chi connectivity index (χ1) is 7.64. The molecule has 2 atom stereocenters. The lowest BCUT2D eigenvalue weighted by Gasteiger charge is -2.39. The fourth-order valence-electron chi connectivity index (χ4n) is 1.52. The first kappa shape index (κ1) is 17.1. The topological polar surface area (TPSA) is 29.5 Å². The Morgan fingerprint density at radius 2 is 1.59 bits per heavy atom. The van der Waals surface area contributed by atoms with Crippen LogP contribution >= 0.6 is 0 Å². The number of rotatable bonds is 7. The molecule has 0 fully saturated rings. The van der Waals surface area contributed by atoms with Gasteiger partial charge in [-0.25, -0.2) is 0 Å². The predicted octanol–water partition coefficient (Wildman–Crippen LogP) is 4.34. The summed E-state index contributed by atoms with van der Waals surface area (Å²) in [6.07, 6.45) is 3.89. The van der Waals surface area contributed by atoms with Crippen molar-refractivity contribution in [3.63, 3.8) is 0 Å². The first-order valence-corrected chi connectivity index (χ1v) is 9.90. The van der Waals surface area contributed by atoms with Crippen LogP contribution in [0, 0.1) is 0 Å². The SMILES string of the molecule is CCC(O)CC[C@@H](CC)O[Si](C)(C)C(C)(C)C. The molecule has 0 amide bonds. The minimum atomic E-state index is -1.65. The van der Waals surface area contributed by atoms with Crippen LogP contribution in [0.2, 0.25) is 18.1 Å². The van der Waals surface area contributed by atoms with Crippen molar-refractivity contribution in [1.29, 1.82) is 0 Å². The van der Waals surface area contributed by atoms with Crippen molar-refractivity contribution in [1.82, 2.24) is 0 Å². The summed E-state index contributed by atoms with van der Waals surface area (Å²) in [5, 5.41) is 9.88. The summed E-state index contributed by atoms with van der Waals surface area (Å²) in [5.41, 5.74) is 0. The number of aliphatic hydroxyl groups excluding tert-OH is 1. The highest BCUT2D eigenvalue weighted by atomic mass is 28.4. The Morgan fingerprint density at radius 1 is 1.06 bits per heavy atom. The smallest absolute Gasteiger partial charge is 0.192 e. The molecule has 0 bridgehead atoms. The average molecular weight is 260 g/mol. The third-order valence-corrected chi connectivity index (χ3v) is 8.55. The molecule has 17 heavy (non-hydrogen) atoms. The number of aliphatic hydroxyl groups is 1. The molecular formula is C14H32O2Si. The molecule has 0 radical (unpaired) electrons. The van der Waals surface area contributed by atoms with Crippen molar-refractivity contribution in [2.75, 3.05) is 0 Å². The highest BCUT2D eigenvalue weighted by molar-refractivity contribution is 6.74. The van der Waals surface area contributed by atoms with Gasteiger partial charge in [0.25, 0.3) is 0 Å². The van der Waals surface area contributed by atoms with E-state index in [0.29, 0.717) is 6.10 Å². The maximum Gasteiger partial charge on any atom is 0.192 e. The molecule has 0 aromatic heterocycles. The predicted molar refractivity (Wildman–Crippen MR) is 77.9 cm³/mol. The third kappa shape index (κ3) is 6.02. The van der Waals surface area contributed by atoms with E-state index in [1.54, 1.807) is 0 Å². The van der Waals surface area contributed by atoms with Crippen molar-refractivity contribution in [2.45, 2.75) is 90.6 Å². The van der Waals surface area contributed by atoms with Crippen LogP contribution in [0.1, 0.15) is 60.3 Å². The van der Waals surface area contributed by atoms with Gasteiger partial charge in [-0.2, -0.15) is 0 Å². The second kappa shape index (κ2) is 6.91. The Balaban J connectivity index is 4.30. The summed E-state index contributed by atoms with van der Waals surface area (Å²) in [5.74, 6) is 0. The van der Waals surface area contributed by atoms with Crippen LogP contribution in [0.15, 0.2) is 0 Å². The Kier molecular flexibility index (Phi) is 6.96. The van der Waals surface area contributed by atoms with Crippen molar-refractivity contribution in [3.8, 4) is 0 Å². The van der Waals surface area contributed by atoms with E-state index in [-0.39, 0.29) is 11.1 Å². The van der Waals surface area contributed by atoms with Gasteiger partial charge >= 0.3 is 0 Å². The fraction of sp³-hybridized carbons (Fsp3) is 1.00. The third-order valence-electron chi connectivity index (χ3n) is 4.02. The summed E-state index contributed by atoms with van der Waals surface area (Å²) in [7, 11) is -1.65. The molecule has 0 saturated heterocycles. The van der Waals surface area contributed by atoms with Crippen LogP contribution in [0.4, 0.5) is 0 Å². The maximum absolute atomic E-state index is 9.62. The Labute approximate surface area is 109 Å². The van der Waals surface area contributed by atoms with E-state index < -0.39 is 8.32 Å².